The molecular weight excluding hydrogens is 320 g/mol. The van der Waals surface area contributed by atoms with Crippen LogP contribution >= 0.6 is 11.6 Å². The van der Waals surface area contributed by atoms with E-state index in [4.69, 9.17) is 21.1 Å². The van der Waals surface area contributed by atoms with E-state index in [1.165, 1.54) is 13.2 Å². The summed E-state index contributed by atoms with van der Waals surface area (Å²) in [6, 6.07) is 6.27. The molecular formula is C16H17ClN2O4. The van der Waals surface area contributed by atoms with Crippen molar-refractivity contribution in [1.82, 2.24) is 4.57 Å². The van der Waals surface area contributed by atoms with Gasteiger partial charge in [0, 0.05) is 24.3 Å². The zero-order chi connectivity index (χ0) is 17.0. The quantitative estimate of drug-likeness (QED) is 0.910. The lowest BCUT2D eigenvalue weighted by Gasteiger charge is -2.13. The van der Waals surface area contributed by atoms with Gasteiger partial charge in [0.1, 0.15) is 5.75 Å². The Morgan fingerprint density at radius 3 is 2.78 bits per heavy atom. The number of aromatic nitrogens is 1. The predicted molar refractivity (Wildman–Crippen MR) is 88.5 cm³/mol. The summed E-state index contributed by atoms with van der Waals surface area (Å²) in [6.45, 7) is 1.45. The number of carbonyl (C=O) groups excluding carboxylic acids is 1. The van der Waals surface area contributed by atoms with Gasteiger partial charge in [0.15, 0.2) is 12.4 Å². The number of benzene rings is 1. The number of ether oxygens (including phenoxy) is 2. The number of rotatable bonds is 5. The van der Waals surface area contributed by atoms with Crippen LogP contribution in [-0.2, 0) is 11.8 Å². The zero-order valence-electron chi connectivity index (χ0n) is 13.1. The van der Waals surface area contributed by atoms with Crippen molar-refractivity contribution >= 4 is 23.2 Å². The topological polar surface area (TPSA) is 69.6 Å². The first kappa shape index (κ1) is 16.9. The predicted octanol–water partition coefficient (Wildman–Crippen LogP) is 2.37. The average molecular weight is 337 g/mol. The van der Waals surface area contributed by atoms with Crippen LogP contribution in [0.1, 0.15) is 5.69 Å². The summed E-state index contributed by atoms with van der Waals surface area (Å²) < 4.78 is 12.3. The third-order valence-corrected chi connectivity index (χ3v) is 3.55. The first-order valence-electron chi connectivity index (χ1n) is 6.85. The molecule has 1 heterocycles. The number of pyridine rings is 1. The second kappa shape index (κ2) is 7.19. The van der Waals surface area contributed by atoms with Crippen LogP contribution in [0.3, 0.4) is 0 Å². The summed E-state index contributed by atoms with van der Waals surface area (Å²) in [5.74, 6) is 0.216. The van der Waals surface area contributed by atoms with Crippen molar-refractivity contribution in [3.05, 3.63) is 51.4 Å². The van der Waals surface area contributed by atoms with E-state index in [2.05, 4.69) is 5.32 Å². The SMILES string of the molecule is COc1ccc(Cl)cc1NC(=O)COc1c(C)n(C)ccc1=O. The van der Waals surface area contributed by atoms with Gasteiger partial charge in [-0.3, -0.25) is 9.59 Å². The minimum Gasteiger partial charge on any atom is -0.495 e. The standard InChI is InChI=1S/C16H17ClN2O4/c1-10-16(13(20)6-7-19(10)2)23-9-15(21)18-12-8-11(17)4-5-14(12)22-3/h4-8H,9H2,1-3H3,(H,18,21). The van der Waals surface area contributed by atoms with E-state index in [1.807, 2.05) is 0 Å². The van der Waals surface area contributed by atoms with E-state index < -0.39 is 5.91 Å². The maximum Gasteiger partial charge on any atom is 0.262 e. The number of halogens is 1. The van der Waals surface area contributed by atoms with Crippen molar-refractivity contribution in [3.63, 3.8) is 0 Å². The molecule has 2 rings (SSSR count). The van der Waals surface area contributed by atoms with Crippen molar-refractivity contribution in [2.75, 3.05) is 19.0 Å². The Balaban J connectivity index is 2.08. The number of hydrogen-bond acceptors (Lipinski definition) is 4. The van der Waals surface area contributed by atoms with Gasteiger partial charge >= 0.3 is 0 Å². The lowest BCUT2D eigenvalue weighted by Crippen LogP contribution is -2.23. The van der Waals surface area contributed by atoms with Crippen LogP contribution in [0.2, 0.25) is 5.02 Å². The van der Waals surface area contributed by atoms with Crippen LogP contribution in [0.25, 0.3) is 0 Å². The summed E-state index contributed by atoms with van der Waals surface area (Å²) in [5.41, 5.74) is 0.811. The lowest BCUT2D eigenvalue weighted by atomic mass is 10.3. The van der Waals surface area contributed by atoms with Crippen molar-refractivity contribution in [3.8, 4) is 11.5 Å². The number of anilines is 1. The molecule has 0 radical (unpaired) electrons. The molecule has 0 saturated heterocycles. The van der Waals surface area contributed by atoms with Gasteiger partial charge in [-0.15, -0.1) is 0 Å². The van der Waals surface area contributed by atoms with Crippen molar-refractivity contribution in [2.24, 2.45) is 7.05 Å². The minimum absolute atomic E-state index is 0.156. The van der Waals surface area contributed by atoms with Gasteiger partial charge in [-0.25, -0.2) is 0 Å². The van der Waals surface area contributed by atoms with Gasteiger partial charge < -0.3 is 19.4 Å². The highest BCUT2D eigenvalue weighted by atomic mass is 35.5. The third-order valence-electron chi connectivity index (χ3n) is 3.31. The average Bonchev–Trinajstić information content (AvgIpc) is 2.51. The summed E-state index contributed by atoms with van der Waals surface area (Å²) in [7, 11) is 3.28. The summed E-state index contributed by atoms with van der Waals surface area (Å²) in [5, 5.41) is 3.11. The molecule has 0 spiro atoms. The maximum absolute atomic E-state index is 12.0. The number of amides is 1. The van der Waals surface area contributed by atoms with Gasteiger partial charge in [-0.2, -0.15) is 0 Å². The molecule has 1 N–H and O–H groups in total. The molecule has 23 heavy (non-hydrogen) atoms. The smallest absolute Gasteiger partial charge is 0.262 e. The molecule has 0 aliphatic rings. The summed E-state index contributed by atoms with van der Waals surface area (Å²) >= 11 is 5.91. The molecule has 0 aliphatic heterocycles. The molecule has 6 nitrogen and oxygen atoms in total. The fraction of sp³-hybridized carbons (Fsp3) is 0.250. The maximum atomic E-state index is 12.0. The first-order valence-corrected chi connectivity index (χ1v) is 7.22. The van der Waals surface area contributed by atoms with Crippen molar-refractivity contribution in [1.29, 1.82) is 0 Å². The molecule has 0 unspecified atom stereocenters. The van der Waals surface area contributed by atoms with Crippen LogP contribution in [-0.4, -0.2) is 24.2 Å². The summed E-state index contributed by atoms with van der Waals surface area (Å²) in [6.07, 6.45) is 1.64. The van der Waals surface area contributed by atoms with Crippen LogP contribution in [0.5, 0.6) is 11.5 Å². The molecule has 122 valence electrons. The fourth-order valence-corrected chi connectivity index (χ4v) is 2.16. The number of carbonyl (C=O) groups is 1. The van der Waals surface area contributed by atoms with Gasteiger partial charge in [-0.05, 0) is 25.1 Å². The number of nitrogens with zero attached hydrogens (tertiary/aromatic N) is 1. The molecule has 1 aromatic heterocycles. The normalized spacial score (nSPS) is 10.3. The Bertz CT molecular complexity index is 786. The second-order valence-electron chi connectivity index (χ2n) is 4.89. The molecule has 1 aromatic carbocycles. The Labute approximate surface area is 138 Å². The van der Waals surface area contributed by atoms with Gasteiger partial charge in [0.05, 0.1) is 18.5 Å². The first-order chi connectivity index (χ1) is 10.9. The molecule has 0 atom stereocenters. The summed E-state index contributed by atoms with van der Waals surface area (Å²) in [4.78, 5) is 23.8. The van der Waals surface area contributed by atoms with E-state index in [9.17, 15) is 9.59 Å². The molecule has 1 amide bonds. The third kappa shape index (κ3) is 4.04. The number of hydrogen-bond donors (Lipinski definition) is 1. The number of methoxy groups -OCH3 is 1. The van der Waals surface area contributed by atoms with E-state index in [1.54, 1.807) is 42.9 Å². The Hall–Kier alpha value is -2.47. The monoisotopic (exact) mass is 336 g/mol. The van der Waals surface area contributed by atoms with Crippen LogP contribution in [0.4, 0.5) is 5.69 Å². The Kier molecular flexibility index (Phi) is 5.28. The largest absolute Gasteiger partial charge is 0.495 e. The number of nitrogens with one attached hydrogen (secondary N) is 1. The highest BCUT2D eigenvalue weighted by Crippen LogP contribution is 2.27. The van der Waals surface area contributed by atoms with Gasteiger partial charge in [0.25, 0.3) is 5.91 Å². The molecule has 0 fully saturated rings. The fourth-order valence-electron chi connectivity index (χ4n) is 1.98. The highest BCUT2D eigenvalue weighted by Gasteiger charge is 2.12. The number of aryl methyl sites for hydroxylation is 1. The van der Waals surface area contributed by atoms with Gasteiger partial charge in [-0.1, -0.05) is 11.6 Å². The molecule has 2 aromatic rings. The Morgan fingerprint density at radius 2 is 2.09 bits per heavy atom. The van der Waals surface area contributed by atoms with E-state index in [0.29, 0.717) is 22.2 Å². The van der Waals surface area contributed by atoms with Crippen molar-refractivity contribution < 1.29 is 14.3 Å². The van der Waals surface area contributed by atoms with Crippen LogP contribution in [0, 0.1) is 6.92 Å². The van der Waals surface area contributed by atoms with Crippen LogP contribution in [0.15, 0.2) is 35.3 Å². The van der Waals surface area contributed by atoms with Gasteiger partial charge in [0.2, 0.25) is 5.43 Å². The van der Waals surface area contributed by atoms with E-state index in [-0.39, 0.29) is 17.8 Å². The lowest BCUT2D eigenvalue weighted by molar-refractivity contribution is -0.118. The highest BCUT2D eigenvalue weighted by molar-refractivity contribution is 6.31. The molecule has 0 saturated carbocycles. The van der Waals surface area contributed by atoms with E-state index in [0.717, 1.165) is 0 Å². The molecule has 7 heteroatoms. The molecule has 0 bridgehead atoms. The second-order valence-corrected chi connectivity index (χ2v) is 5.32. The van der Waals surface area contributed by atoms with E-state index >= 15 is 0 Å². The van der Waals surface area contributed by atoms with Crippen LogP contribution < -0.4 is 20.2 Å². The molecule has 0 aliphatic carbocycles. The zero-order valence-corrected chi connectivity index (χ0v) is 13.8. The minimum atomic E-state index is -0.420. The Morgan fingerprint density at radius 1 is 1.35 bits per heavy atom. The van der Waals surface area contributed by atoms with Crippen molar-refractivity contribution in [2.45, 2.75) is 6.92 Å².